The van der Waals surface area contributed by atoms with E-state index in [1.165, 1.54) is 12.1 Å². The van der Waals surface area contributed by atoms with Gasteiger partial charge in [-0.2, -0.15) is 26.3 Å². The van der Waals surface area contributed by atoms with Crippen LogP contribution in [0.2, 0.25) is 0 Å². The van der Waals surface area contributed by atoms with Crippen LogP contribution in [0.5, 0.6) is 5.75 Å². The first-order valence-corrected chi connectivity index (χ1v) is 8.40. The quantitative estimate of drug-likeness (QED) is 0.516. The number of carbonyl (C=O) groups is 1. The summed E-state index contributed by atoms with van der Waals surface area (Å²) < 4.78 is 79.5. The van der Waals surface area contributed by atoms with Gasteiger partial charge in [0, 0.05) is 5.56 Å². The van der Waals surface area contributed by atoms with Crippen molar-refractivity contribution in [3.8, 4) is 28.0 Å². The molecule has 3 N–H and O–H groups in total. The highest BCUT2D eigenvalue weighted by Gasteiger charge is 2.37. The molecular formula is C21H13F6NO2. The van der Waals surface area contributed by atoms with Crippen molar-refractivity contribution >= 4 is 5.91 Å². The van der Waals surface area contributed by atoms with Gasteiger partial charge in [-0.1, -0.05) is 36.4 Å². The van der Waals surface area contributed by atoms with E-state index in [1.807, 2.05) is 0 Å². The molecule has 0 saturated heterocycles. The van der Waals surface area contributed by atoms with Crippen molar-refractivity contribution < 1.29 is 36.2 Å². The number of alkyl halides is 6. The summed E-state index contributed by atoms with van der Waals surface area (Å²) in [5, 5.41) is 10.6. The maximum absolute atomic E-state index is 13.2. The Labute approximate surface area is 166 Å². The third-order valence-electron chi connectivity index (χ3n) is 4.40. The number of rotatable bonds is 3. The van der Waals surface area contributed by atoms with Gasteiger partial charge in [0.1, 0.15) is 5.75 Å². The van der Waals surface area contributed by atoms with Gasteiger partial charge < -0.3 is 10.8 Å². The predicted octanol–water partition coefficient (Wildman–Crippen LogP) is 5.86. The van der Waals surface area contributed by atoms with Gasteiger partial charge in [0.15, 0.2) is 0 Å². The summed E-state index contributed by atoms with van der Waals surface area (Å²) in [6, 6.07) is 11.0. The van der Waals surface area contributed by atoms with E-state index in [4.69, 9.17) is 5.73 Å². The molecule has 0 aliphatic rings. The highest BCUT2D eigenvalue weighted by Crippen LogP contribution is 2.44. The van der Waals surface area contributed by atoms with Gasteiger partial charge in [-0.05, 0) is 41.0 Å². The van der Waals surface area contributed by atoms with Gasteiger partial charge in [-0.15, -0.1) is 0 Å². The molecule has 0 aliphatic heterocycles. The maximum atomic E-state index is 13.2. The molecule has 9 heteroatoms. The zero-order valence-corrected chi connectivity index (χ0v) is 15.0. The predicted molar refractivity (Wildman–Crippen MR) is 97.5 cm³/mol. The van der Waals surface area contributed by atoms with Crippen LogP contribution in [0.15, 0.2) is 60.7 Å². The molecule has 3 nitrogen and oxygen atoms in total. The summed E-state index contributed by atoms with van der Waals surface area (Å²) in [4.78, 5) is 11.6. The van der Waals surface area contributed by atoms with Crippen molar-refractivity contribution in [1.82, 2.24) is 0 Å². The van der Waals surface area contributed by atoms with E-state index in [0.29, 0.717) is 12.1 Å². The monoisotopic (exact) mass is 425 g/mol. The second-order valence-corrected chi connectivity index (χ2v) is 6.41. The van der Waals surface area contributed by atoms with Crippen LogP contribution in [0, 0.1) is 0 Å². The first kappa shape index (κ1) is 21.2. The molecule has 0 spiro atoms. The van der Waals surface area contributed by atoms with Crippen LogP contribution in [0.1, 0.15) is 21.5 Å². The lowest BCUT2D eigenvalue weighted by atomic mass is 9.89. The highest BCUT2D eigenvalue weighted by atomic mass is 19.4. The molecule has 0 atom stereocenters. The third kappa shape index (κ3) is 4.10. The van der Waals surface area contributed by atoms with E-state index in [0.717, 1.165) is 12.1 Å². The van der Waals surface area contributed by atoms with E-state index >= 15 is 0 Å². The average Bonchev–Trinajstić information content (AvgIpc) is 2.66. The number of phenols is 1. The van der Waals surface area contributed by atoms with Crippen molar-refractivity contribution in [2.45, 2.75) is 12.4 Å². The van der Waals surface area contributed by atoms with E-state index in [-0.39, 0.29) is 28.3 Å². The summed E-state index contributed by atoms with van der Waals surface area (Å²) in [5.74, 6) is -1.64. The molecule has 0 aromatic heterocycles. The highest BCUT2D eigenvalue weighted by molar-refractivity contribution is 6.01. The lowest BCUT2D eigenvalue weighted by molar-refractivity contribution is -0.143. The van der Waals surface area contributed by atoms with Gasteiger partial charge in [0.25, 0.3) is 5.91 Å². The molecule has 1 amide bonds. The smallest absolute Gasteiger partial charge is 0.416 e. The first-order valence-electron chi connectivity index (χ1n) is 8.40. The molecule has 0 radical (unpaired) electrons. The van der Waals surface area contributed by atoms with Crippen LogP contribution >= 0.6 is 0 Å². The maximum Gasteiger partial charge on any atom is 0.416 e. The van der Waals surface area contributed by atoms with Crippen LogP contribution in [0.4, 0.5) is 26.3 Å². The zero-order chi connectivity index (χ0) is 22.3. The van der Waals surface area contributed by atoms with Crippen molar-refractivity contribution in [2.24, 2.45) is 5.73 Å². The summed E-state index contributed by atoms with van der Waals surface area (Å²) in [7, 11) is 0. The Kier molecular flexibility index (Phi) is 5.23. The Balaban J connectivity index is 2.38. The summed E-state index contributed by atoms with van der Waals surface area (Å²) in [6.45, 7) is 0. The topological polar surface area (TPSA) is 63.3 Å². The number of nitrogens with two attached hydrogens (primary N) is 1. The minimum absolute atomic E-state index is 0.0172. The van der Waals surface area contributed by atoms with Gasteiger partial charge >= 0.3 is 12.4 Å². The van der Waals surface area contributed by atoms with E-state index in [2.05, 4.69) is 0 Å². The fourth-order valence-electron chi connectivity index (χ4n) is 3.04. The molecule has 0 fully saturated rings. The third-order valence-corrected chi connectivity index (χ3v) is 4.40. The molecule has 3 rings (SSSR count). The molecule has 156 valence electrons. The number of hydrogen-bond acceptors (Lipinski definition) is 2. The number of benzene rings is 3. The molecule has 0 bridgehead atoms. The Bertz CT molecular complexity index is 1070. The molecule has 0 unspecified atom stereocenters. The molecule has 30 heavy (non-hydrogen) atoms. The van der Waals surface area contributed by atoms with Crippen LogP contribution in [-0.2, 0) is 12.4 Å². The molecule has 3 aromatic rings. The lowest BCUT2D eigenvalue weighted by Crippen LogP contribution is -2.12. The van der Waals surface area contributed by atoms with Crippen molar-refractivity contribution in [2.75, 3.05) is 0 Å². The van der Waals surface area contributed by atoms with Crippen molar-refractivity contribution in [3.05, 3.63) is 77.4 Å². The number of halogens is 6. The largest absolute Gasteiger partial charge is 0.506 e. The second kappa shape index (κ2) is 7.40. The Morgan fingerprint density at radius 3 is 1.77 bits per heavy atom. The molecule has 0 saturated carbocycles. The number of primary amides is 1. The minimum atomic E-state index is -5.03. The normalized spacial score (nSPS) is 12.1. The van der Waals surface area contributed by atoms with Gasteiger partial charge in [0.05, 0.1) is 16.7 Å². The second-order valence-electron chi connectivity index (χ2n) is 6.41. The SMILES string of the molecule is NC(=O)c1ccc(-c2cc(C(F)(F)F)cc(C(F)(F)F)c2)c(-c2ccccc2)c1O. The van der Waals surface area contributed by atoms with Crippen LogP contribution in [-0.4, -0.2) is 11.0 Å². The van der Waals surface area contributed by atoms with Gasteiger partial charge in [0.2, 0.25) is 0 Å². The summed E-state index contributed by atoms with van der Waals surface area (Å²) >= 11 is 0. The minimum Gasteiger partial charge on any atom is -0.506 e. The number of hydrogen-bond donors (Lipinski definition) is 2. The lowest BCUT2D eigenvalue weighted by Gasteiger charge is -2.18. The summed E-state index contributed by atoms with van der Waals surface area (Å²) in [5.41, 5.74) is 1.52. The van der Waals surface area contributed by atoms with Crippen molar-refractivity contribution in [1.29, 1.82) is 0 Å². The molecule has 0 aliphatic carbocycles. The van der Waals surface area contributed by atoms with E-state index in [1.54, 1.807) is 18.2 Å². The van der Waals surface area contributed by atoms with Gasteiger partial charge in [-0.25, -0.2) is 0 Å². The zero-order valence-electron chi connectivity index (χ0n) is 15.0. The number of carbonyl (C=O) groups excluding carboxylic acids is 1. The summed E-state index contributed by atoms with van der Waals surface area (Å²) in [6.07, 6.45) is -10.1. The van der Waals surface area contributed by atoms with Crippen LogP contribution in [0.3, 0.4) is 0 Å². The first-order chi connectivity index (χ1) is 13.9. The van der Waals surface area contributed by atoms with Crippen LogP contribution in [0.25, 0.3) is 22.3 Å². The fourth-order valence-corrected chi connectivity index (χ4v) is 3.04. The fraction of sp³-hybridized carbons (Fsp3) is 0.0952. The Morgan fingerprint density at radius 2 is 1.30 bits per heavy atom. The van der Waals surface area contributed by atoms with Gasteiger partial charge in [-0.3, -0.25) is 4.79 Å². The molecule has 0 heterocycles. The Hall–Kier alpha value is -3.49. The van der Waals surface area contributed by atoms with E-state index < -0.39 is 40.7 Å². The number of amides is 1. The number of aromatic hydroxyl groups is 1. The van der Waals surface area contributed by atoms with Crippen LogP contribution < -0.4 is 5.73 Å². The Morgan fingerprint density at radius 1 is 0.767 bits per heavy atom. The molecular weight excluding hydrogens is 412 g/mol. The molecule has 3 aromatic carbocycles. The average molecular weight is 425 g/mol. The standard InChI is InChI=1S/C21H13F6NO2/c22-20(23,24)13-8-12(9-14(10-13)21(25,26)27)15-6-7-16(19(28)30)18(29)17(15)11-4-2-1-3-5-11/h1-10,29H,(H2,28,30). The van der Waals surface area contributed by atoms with Crippen molar-refractivity contribution in [3.63, 3.8) is 0 Å². The van der Waals surface area contributed by atoms with E-state index in [9.17, 15) is 36.2 Å².